The van der Waals surface area contributed by atoms with E-state index < -0.39 is 0 Å². The molecule has 0 bridgehead atoms. The molecule has 1 aromatic carbocycles. The summed E-state index contributed by atoms with van der Waals surface area (Å²) in [7, 11) is 2.09. The predicted octanol–water partition coefficient (Wildman–Crippen LogP) is 7.93. The molecule has 3 aromatic rings. The molecule has 138 valence electrons. The van der Waals surface area contributed by atoms with Gasteiger partial charge < -0.3 is 4.57 Å². The van der Waals surface area contributed by atoms with E-state index in [9.17, 15) is 0 Å². The van der Waals surface area contributed by atoms with Crippen molar-refractivity contribution in [2.45, 2.75) is 34.6 Å². The first-order valence-corrected chi connectivity index (χ1v) is 9.70. The summed E-state index contributed by atoms with van der Waals surface area (Å²) >= 11 is 1.79. The second-order valence-electron chi connectivity index (χ2n) is 4.90. The van der Waals surface area contributed by atoms with E-state index in [2.05, 4.69) is 63.3 Å². The molecule has 0 atom stereocenters. The first kappa shape index (κ1) is 23.5. The number of thiophene rings is 1. The van der Waals surface area contributed by atoms with Crippen molar-refractivity contribution >= 4 is 50.6 Å². The summed E-state index contributed by atoms with van der Waals surface area (Å²) < 4.78 is 3.52. The van der Waals surface area contributed by atoms with Gasteiger partial charge in [-0.3, -0.25) is 0 Å². The van der Waals surface area contributed by atoms with Gasteiger partial charge in [0.15, 0.2) is 0 Å². The Balaban J connectivity index is 0.000000948. The van der Waals surface area contributed by atoms with Crippen LogP contribution in [0.2, 0.25) is 0 Å². The van der Waals surface area contributed by atoms with Gasteiger partial charge in [0.1, 0.15) is 0 Å². The Hall–Kier alpha value is -2.50. The van der Waals surface area contributed by atoms with Gasteiger partial charge in [0.2, 0.25) is 0 Å². The second kappa shape index (κ2) is 11.2. The van der Waals surface area contributed by atoms with Gasteiger partial charge in [-0.15, -0.1) is 24.2 Å². The summed E-state index contributed by atoms with van der Waals surface area (Å²) in [5.41, 5.74) is 4.90. The molecule has 0 fully saturated rings. The fraction of sp³-hybridized carbons (Fsp3) is 0.250. The Morgan fingerprint density at radius 3 is 2.00 bits per heavy atom. The quantitative estimate of drug-likeness (QED) is 0.415. The van der Waals surface area contributed by atoms with Crippen LogP contribution >= 0.6 is 11.3 Å². The van der Waals surface area contributed by atoms with Crippen molar-refractivity contribution in [3.05, 3.63) is 53.6 Å². The van der Waals surface area contributed by atoms with Crippen LogP contribution in [0.25, 0.3) is 39.2 Å². The SMILES string of the molecule is C#C.C=Cc1sc2c(ccc3c2c(C)c(C=C)n3C)c1C=C.CC.CC. The number of rotatable bonds is 3. The lowest BCUT2D eigenvalue weighted by atomic mass is 10.1. The molecule has 2 aromatic heterocycles. The number of aromatic nitrogens is 1. The number of aryl methyl sites for hydroxylation is 2. The topological polar surface area (TPSA) is 4.93 Å². The average molecular weight is 366 g/mol. The van der Waals surface area contributed by atoms with Crippen LogP contribution in [0.5, 0.6) is 0 Å². The number of fused-ring (bicyclic) bond motifs is 3. The van der Waals surface area contributed by atoms with Crippen LogP contribution in [-0.2, 0) is 7.05 Å². The van der Waals surface area contributed by atoms with E-state index >= 15 is 0 Å². The van der Waals surface area contributed by atoms with Crippen molar-refractivity contribution in [2.75, 3.05) is 0 Å². The van der Waals surface area contributed by atoms with Crippen molar-refractivity contribution in [3.8, 4) is 12.8 Å². The lowest BCUT2D eigenvalue weighted by molar-refractivity contribution is 0.949. The summed E-state index contributed by atoms with van der Waals surface area (Å²) in [5, 5.41) is 2.58. The number of hydrogen-bond acceptors (Lipinski definition) is 1. The highest BCUT2D eigenvalue weighted by Crippen LogP contribution is 2.40. The van der Waals surface area contributed by atoms with Crippen molar-refractivity contribution in [1.29, 1.82) is 0 Å². The van der Waals surface area contributed by atoms with Gasteiger partial charge in [0.25, 0.3) is 0 Å². The third-order valence-corrected chi connectivity index (χ3v) is 5.20. The summed E-state index contributed by atoms with van der Waals surface area (Å²) in [6.07, 6.45) is 13.8. The first-order chi connectivity index (χ1) is 12.6. The number of benzene rings is 1. The molecule has 3 rings (SSSR count). The fourth-order valence-corrected chi connectivity index (χ4v) is 4.25. The number of terminal acetylenes is 1. The van der Waals surface area contributed by atoms with E-state index in [-0.39, 0.29) is 0 Å². The second-order valence-corrected chi connectivity index (χ2v) is 5.95. The maximum Gasteiger partial charge on any atom is 0.0500 e. The minimum Gasteiger partial charge on any atom is -0.344 e. The Kier molecular flexibility index (Phi) is 10.1. The van der Waals surface area contributed by atoms with Gasteiger partial charge in [-0.25, -0.2) is 0 Å². The van der Waals surface area contributed by atoms with Crippen LogP contribution in [-0.4, -0.2) is 4.57 Å². The van der Waals surface area contributed by atoms with E-state index in [0.717, 1.165) is 0 Å². The lowest BCUT2D eigenvalue weighted by Crippen LogP contribution is -1.90. The molecular formula is C24H31NS. The Morgan fingerprint density at radius 2 is 1.54 bits per heavy atom. The molecule has 2 heterocycles. The van der Waals surface area contributed by atoms with Crippen LogP contribution in [0, 0.1) is 19.8 Å². The molecule has 1 nitrogen and oxygen atoms in total. The van der Waals surface area contributed by atoms with E-state index in [4.69, 9.17) is 0 Å². The number of nitrogens with zero attached hydrogens (tertiary/aromatic N) is 1. The molecule has 2 heteroatoms. The van der Waals surface area contributed by atoms with E-state index in [1.807, 2.05) is 45.9 Å². The van der Waals surface area contributed by atoms with Crippen molar-refractivity contribution < 1.29 is 0 Å². The molecule has 0 aliphatic heterocycles. The average Bonchev–Trinajstić information content (AvgIpc) is 3.20. The molecule has 0 radical (unpaired) electrons. The molecule has 0 aliphatic carbocycles. The molecule has 0 saturated carbocycles. The standard InChI is InChI=1S/C18H17NS.2C2H6.C2H2/c1-6-12-13-9-10-15-17(18(13)20-16(12)8-3)11(4)14(7-2)19(15)5;3*1-2/h6-10H,1-3H2,4-5H3;2*1-2H3;1-2H. The van der Waals surface area contributed by atoms with Crippen LogP contribution in [0.3, 0.4) is 0 Å². The van der Waals surface area contributed by atoms with Crippen LogP contribution < -0.4 is 0 Å². The Labute approximate surface area is 163 Å². The zero-order chi connectivity index (χ0) is 20.4. The van der Waals surface area contributed by atoms with Crippen molar-refractivity contribution in [3.63, 3.8) is 0 Å². The highest BCUT2D eigenvalue weighted by Gasteiger charge is 2.16. The van der Waals surface area contributed by atoms with Gasteiger partial charge in [-0.2, -0.15) is 0 Å². The van der Waals surface area contributed by atoms with Gasteiger partial charge in [0.05, 0.1) is 0 Å². The number of hydrogen-bond donors (Lipinski definition) is 0. The van der Waals surface area contributed by atoms with Gasteiger partial charge >= 0.3 is 0 Å². The molecule has 0 unspecified atom stereocenters. The smallest absolute Gasteiger partial charge is 0.0500 e. The van der Waals surface area contributed by atoms with Crippen LogP contribution in [0.15, 0.2) is 31.9 Å². The lowest BCUT2D eigenvalue weighted by Gasteiger charge is -1.99. The molecular weight excluding hydrogens is 334 g/mol. The monoisotopic (exact) mass is 365 g/mol. The minimum atomic E-state index is 1.18. The van der Waals surface area contributed by atoms with E-state index in [1.54, 1.807) is 11.3 Å². The normalized spacial score (nSPS) is 9.08. The summed E-state index contributed by atoms with van der Waals surface area (Å²) in [6, 6.07) is 4.37. The first-order valence-electron chi connectivity index (χ1n) is 8.89. The zero-order valence-electron chi connectivity index (χ0n) is 17.0. The van der Waals surface area contributed by atoms with Gasteiger partial charge in [-0.05, 0) is 30.2 Å². The third-order valence-electron chi connectivity index (χ3n) is 3.97. The summed E-state index contributed by atoms with van der Waals surface area (Å²) in [6.45, 7) is 22.0. The van der Waals surface area contributed by atoms with Gasteiger partial charge in [-0.1, -0.05) is 65.7 Å². The zero-order valence-corrected chi connectivity index (χ0v) is 17.8. The summed E-state index contributed by atoms with van der Waals surface area (Å²) in [4.78, 5) is 1.19. The van der Waals surface area contributed by atoms with Crippen molar-refractivity contribution in [1.82, 2.24) is 4.57 Å². The molecule has 26 heavy (non-hydrogen) atoms. The maximum atomic E-state index is 4.00. The molecule has 0 spiro atoms. The third kappa shape index (κ3) is 3.84. The Bertz CT molecular complexity index is 916. The minimum absolute atomic E-state index is 1.18. The maximum absolute atomic E-state index is 4.00. The molecule has 0 aliphatic rings. The summed E-state index contributed by atoms with van der Waals surface area (Å²) in [5.74, 6) is 0. The van der Waals surface area contributed by atoms with Gasteiger partial charge in [0, 0.05) is 38.6 Å². The van der Waals surface area contributed by atoms with E-state index in [0.29, 0.717) is 0 Å². The Morgan fingerprint density at radius 1 is 0.962 bits per heavy atom. The predicted molar refractivity (Wildman–Crippen MR) is 126 cm³/mol. The molecule has 0 amide bonds. The highest BCUT2D eigenvalue weighted by molar-refractivity contribution is 7.21. The molecule has 0 N–H and O–H groups in total. The fourth-order valence-electron chi connectivity index (χ4n) is 2.99. The highest BCUT2D eigenvalue weighted by atomic mass is 32.1. The van der Waals surface area contributed by atoms with E-state index in [1.165, 1.54) is 42.7 Å². The van der Waals surface area contributed by atoms with Crippen LogP contribution in [0.1, 0.15) is 49.4 Å². The van der Waals surface area contributed by atoms with Crippen LogP contribution in [0.4, 0.5) is 0 Å². The van der Waals surface area contributed by atoms with Crippen molar-refractivity contribution in [2.24, 2.45) is 7.05 Å². The molecule has 0 saturated heterocycles. The largest absolute Gasteiger partial charge is 0.344 e.